The molecular formula is C17H27F2N3O3Si. The number of rotatable bonds is 6. The summed E-state index contributed by atoms with van der Waals surface area (Å²) in [4.78, 5) is 11.7. The monoisotopic (exact) mass is 387 g/mol. The Balaban J connectivity index is 1.96. The predicted octanol–water partition coefficient (Wildman–Crippen LogP) is 2.60. The molecule has 0 aliphatic carbocycles. The van der Waals surface area contributed by atoms with Crippen molar-refractivity contribution in [2.45, 2.75) is 50.5 Å². The molecule has 1 aliphatic rings. The Morgan fingerprint density at radius 2 is 2.23 bits per heavy atom. The number of aromatic nitrogens is 1. The molecule has 1 aromatic heterocycles. The first-order valence-corrected chi connectivity index (χ1v) is 12.5. The average Bonchev–Trinajstić information content (AvgIpc) is 2.53. The maximum absolute atomic E-state index is 14.1. The molecule has 0 spiro atoms. The van der Waals surface area contributed by atoms with Crippen molar-refractivity contribution in [3.8, 4) is 0 Å². The summed E-state index contributed by atoms with van der Waals surface area (Å²) >= 11 is 0. The van der Waals surface area contributed by atoms with Crippen LogP contribution in [0.25, 0.3) is 0 Å². The summed E-state index contributed by atoms with van der Waals surface area (Å²) in [7, 11) is -1.30. The molecule has 0 bridgehead atoms. The molecule has 1 amide bonds. The molecule has 0 saturated carbocycles. The zero-order valence-corrected chi connectivity index (χ0v) is 16.5. The van der Waals surface area contributed by atoms with Crippen LogP contribution in [0.5, 0.6) is 0 Å². The fourth-order valence-corrected chi connectivity index (χ4v) is 3.46. The molecule has 1 aliphatic heterocycles. The molecule has 2 rings (SSSR count). The minimum atomic E-state index is -2.82. The Morgan fingerprint density at radius 1 is 1.50 bits per heavy atom. The SMILES string of the molecule is C[Si](C)(C)CCOC(=O)NCc1cc(C2CNCCC2(F)F)cc[n+]1[O-]. The van der Waals surface area contributed by atoms with E-state index >= 15 is 0 Å². The Hall–Kier alpha value is -1.74. The highest BCUT2D eigenvalue weighted by molar-refractivity contribution is 6.76. The highest BCUT2D eigenvalue weighted by atomic mass is 28.3. The lowest BCUT2D eigenvalue weighted by Crippen LogP contribution is -2.44. The summed E-state index contributed by atoms with van der Waals surface area (Å²) in [5, 5.41) is 17.4. The number of carbonyl (C=O) groups is 1. The summed E-state index contributed by atoms with van der Waals surface area (Å²) < 4.78 is 33.9. The van der Waals surface area contributed by atoms with E-state index < -0.39 is 26.0 Å². The Bertz CT molecular complexity index is 638. The summed E-state index contributed by atoms with van der Waals surface area (Å²) in [5.74, 6) is -3.80. The van der Waals surface area contributed by atoms with Gasteiger partial charge in [0.25, 0.3) is 5.92 Å². The van der Waals surface area contributed by atoms with Gasteiger partial charge in [0.15, 0.2) is 6.20 Å². The molecule has 146 valence electrons. The van der Waals surface area contributed by atoms with Crippen molar-refractivity contribution in [1.82, 2.24) is 10.6 Å². The largest absolute Gasteiger partial charge is 0.618 e. The van der Waals surface area contributed by atoms with Crippen LogP contribution >= 0.6 is 0 Å². The number of halogens is 2. The Morgan fingerprint density at radius 3 is 2.88 bits per heavy atom. The lowest BCUT2D eigenvalue weighted by Gasteiger charge is -2.32. The molecule has 2 N–H and O–H groups in total. The molecule has 2 heterocycles. The van der Waals surface area contributed by atoms with Gasteiger partial charge in [0, 0.05) is 39.7 Å². The fourth-order valence-electron chi connectivity index (χ4n) is 2.75. The first-order valence-electron chi connectivity index (χ1n) is 8.80. The standard InChI is InChI=1S/C17H27F2N3O3Si/c1-26(2,3)9-8-25-16(23)21-11-14-10-13(4-7-22(14)24)15-12-20-6-5-17(15,18)19/h4,7,10,15,20H,5-6,8-9,11-12H2,1-3H3,(H,21,23). The lowest BCUT2D eigenvalue weighted by atomic mass is 9.88. The van der Waals surface area contributed by atoms with Crippen molar-refractivity contribution in [2.24, 2.45) is 0 Å². The van der Waals surface area contributed by atoms with Gasteiger partial charge in [-0.1, -0.05) is 19.6 Å². The van der Waals surface area contributed by atoms with Crippen LogP contribution in [0.2, 0.25) is 25.7 Å². The number of carbonyl (C=O) groups excluding carboxylic acids is 1. The van der Waals surface area contributed by atoms with Gasteiger partial charge in [0.05, 0.1) is 12.5 Å². The van der Waals surface area contributed by atoms with E-state index in [4.69, 9.17) is 4.74 Å². The molecule has 0 aromatic carbocycles. The van der Waals surface area contributed by atoms with Crippen molar-refractivity contribution in [2.75, 3.05) is 19.7 Å². The van der Waals surface area contributed by atoms with E-state index in [2.05, 4.69) is 30.3 Å². The van der Waals surface area contributed by atoms with Gasteiger partial charge in [0.2, 0.25) is 5.69 Å². The van der Waals surface area contributed by atoms with Gasteiger partial charge in [-0.05, 0) is 11.6 Å². The number of piperidine rings is 1. The van der Waals surface area contributed by atoms with Crippen LogP contribution in [0.15, 0.2) is 18.3 Å². The van der Waals surface area contributed by atoms with Crippen molar-refractivity contribution in [1.29, 1.82) is 0 Å². The van der Waals surface area contributed by atoms with Crippen molar-refractivity contribution >= 4 is 14.2 Å². The third kappa shape index (κ3) is 5.91. The van der Waals surface area contributed by atoms with E-state index in [9.17, 15) is 18.8 Å². The molecule has 26 heavy (non-hydrogen) atoms. The number of hydrogen-bond donors (Lipinski definition) is 2. The first kappa shape index (κ1) is 20.6. The molecule has 0 radical (unpaired) electrons. The van der Waals surface area contributed by atoms with Crippen LogP contribution in [0.4, 0.5) is 13.6 Å². The molecule has 1 aromatic rings. The van der Waals surface area contributed by atoms with Crippen molar-refractivity contribution < 1.29 is 23.0 Å². The zero-order valence-electron chi connectivity index (χ0n) is 15.5. The van der Waals surface area contributed by atoms with Gasteiger partial charge in [-0.15, -0.1) is 0 Å². The van der Waals surface area contributed by atoms with Gasteiger partial charge >= 0.3 is 6.09 Å². The van der Waals surface area contributed by atoms with Gasteiger partial charge in [-0.25, -0.2) is 13.6 Å². The molecule has 1 saturated heterocycles. The predicted molar refractivity (Wildman–Crippen MR) is 96.9 cm³/mol. The Labute approximate surface area is 153 Å². The molecule has 1 atom stereocenters. The minimum absolute atomic E-state index is 0.0746. The van der Waals surface area contributed by atoms with E-state index in [0.29, 0.717) is 16.9 Å². The van der Waals surface area contributed by atoms with Crippen LogP contribution in [-0.4, -0.2) is 39.8 Å². The minimum Gasteiger partial charge on any atom is -0.618 e. The van der Waals surface area contributed by atoms with E-state index in [-0.39, 0.29) is 31.7 Å². The van der Waals surface area contributed by atoms with Crippen LogP contribution in [0, 0.1) is 5.21 Å². The third-order valence-electron chi connectivity index (χ3n) is 4.41. The van der Waals surface area contributed by atoms with Crippen LogP contribution < -0.4 is 15.4 Å². The maximum atomic E-state index is 14.1. The number of amides is 1. The van der Waals surface area contributed by atoms with Crippen LogP contribution in [0.1, 0.15) is 23.6 Å². The average molecular weight is 388 g/mol. The van der Waals surface area contributed by atoms with E-state index in [1.54, 1.807) is 0 Å². The lowest BCUT2D eigenvalue weighted by molar-refractivity contribution is -0.614. The second-order valence-electron chi connectivity index (χ2n) is 7.85. The van der Waals surface area contributed by atoms with Crippen molar-refractivity contribution in [3.63, 3.8) is 0 Å². The fraction of sp³-hybridized carbons (Fsp3) is 0.647. The first-order chi connectivity index (χ1) is 12.1. The van der Waals surface area contributed by atoms with Gasteiger partial charge in [-0.3, -0.25) is 0 Å². The normalized spacial score (nSPS) is 19.8. The number of nitrogens with one attached hydrogen (secondary N) is 2. The number of nitrogens with zero attached hydrogens (tertiary/aromatic N) is 1. The van der Waals surface area contributed by atoms with Gasteiger partial charge < -0.3 is 20.6 Å². The van der Waals surface area contributed by atoms with E-state index in [1.807, 2.05) is 0 Å². The summed E-state index contributed by atoms with van der Waals surface area (Å²) in [5.41, 5.74) is 0.587. The summed E-state index contributed by atoms with van der Waals surface area (Å²) in [6, 6.07) is 3.69. The smallest absolute Gasteiger partial charge is 0.407 e. The number of alkyl carbamates (subject to hydrolysis) is 1. The second-order valence-corrected chi connectivity index (χ2v) is 13.5. The van der Waals surface area contributed by atoms with E-state index in [1.165, 1.54) is 18.3 Å². The topological polar surface area (TPSA) is 77.3 Å². The zero-order chi connectivity index (χ0) is 19.4. The molecule has 1 unspecified atom stereocenters. The quantitative estimate of drug-likeness (QED) is 0.447. The second kappa shape index (κ2) is 8.30. The molecular weight excluding hydrogens is 360 g/mol. The molecule has 6 nitrogen and oxygen atoms in total. The summed E-state index contributed by atoms with van der Waals surface area (Å²) in [6.07, 6.45) is 0.354. The van der Waals surface area contributed by atoms with Crippen LogP contribution in [-0.2, 0) is 11.3 Å². The number of hydrogen-bond acceptors (Lipinski definition) is 4. The third-order valence-corrected chi connectivity index (χ3v) is 6.12. The molecule has 9 heteroatoms. The molecule has 1 fully saturated rings. The van der Waals surface area contributed by atoms with Gasteiger partial charge in [-0.2, -0.15) is 4.73 Å². The number of alkyl halides is 2. The van der Waals surface area contributed by atoms with E-state index in [0.717, 1.165) is 6.04 Å². The maximum Gasteiger partial charge on any atom is 0.407 e. The Kier molecular flexibility index (Phi) is 6.57. The van der Waals surface area contributed by atoms with Gasteiger partial charge in [0.1, 0.15) is 6.54 Å². The summed E-state index contributed by atoms with van der Waals surface area (Å²) in [6.45, 7) is 7.22. The van der Waals surface area contributed by atoms with Crippen LogP contribution in [0.3, 0.4) is 0 Å². The highest BCUT2D eigenvalue weighted by Gasteiger charge is 2.42. The number of ether oxygens (including phenoxy) is 1. The number of pyridine rings is 1. The van der Waals surface area contributed by atoms with Crippen molar-refractivity contribution in [3.05, 3.63) is 34.8 Å². The highest BCUT2D eigenvalue weighted by Crippen LogP contribution is 2.37.